The molecule has 2 saturated heterocycles. The summed E-state index contributed by atoms with van der Waals surface area (Å²) in [5.41, 5.74) is 4.53. The summed E-state index contributed by atoms with van der Waals surface area (Å²) in [5, 5.41) is 17.3. The van der Waals surface area contributed by atoms with Crippen LogP contribution in [0.5, 0.6) is 5.88 Å². The van der Waals surface area contributed by atoms with Crippen molar-refractivity contribution in [2.24, 2.45) is 18.3 Å². The minimum Gasteiger partial charge on any atom is -0.479 e. The van der Waals surface area contributed by atoms with Gasteiger partial charge in [0.05, 0.1) is 24.1 Å². The second-order valence-corrected chi connectivity index (χ2v) is 9.08. The number of rotatable bonds is 7. The number of benzene rings is 1. The lowest BCUT2D eigenvalue weighted by Gasteiger charge is -2.40. The second kappa shape index (κ2) is 11.6. The third-order valence-electron chi connectivity index (χ3n) is 6.68. The first-order valence-corrected chi connectivity index (χ1v) is 11.5. The fourth-order valence-corrected chi connectivity index (χ4v) is 4.52. The van der Waals surface area contributed by atoms with Gasteiger partial charge in [-0.15, -0.1) is 5.10 Å². The first-order valence-electron chi connectivity index (χ1n) is 11.5. The zero-order valence-electron chi connectivity index (χ0n) is 20.1. The van der Waals surface area contributed by atoms with Crippen LogP contribution in [-0.4, -0.2) is 77.7 Å². The van der Waals surface area contributed by atoms with Gasteiger partial charge >= 0.3 is 0 Å². The number of methoxy groups -OCH3 is 1. The average Bonchev–Trinajstić information content (AvgIpc) is 3.41. The van der Waals surface area contributed by atoms with Crippen LogP contribution in [0.25, 0.3) is 10.9 Å². The maximum atomic E-state index is 12.5. The molecule has 4 rings (SSSR count). The molecule has 188 valence electrons. The van der Waals surface area contributed by atoms with Gasteiger partial charge in [0.2, 0.25) is 18.2 Å². The van der Waals surface area contributed by atoms with Crippen LogP contribution in [0.15, 0.2) is 18.2 Å². The predicted octanol–water partition coefficient (Wildman–Crippen LogP) is 0.0561. The van der Waals surface area contributed by atoms with Crippen molar-refractivity contribution in [3.63, 3.8) is 0 Å². The lowest BCUT2D eigenvalue weighted by atomic mass is 9.75. The highest BCUT2D eigenvalue weighted by Gasteiger charge is 2.42. The highest BCUT2D eigenvalue weighted by molar-refractivity contribution is 5.85. The van der Waals surface area contributed by atoms with Crippen LogP contribution in [0.3, 0.4) is 0 Å². The van der Waals surface area contributed by atoms with Crippen LogP contribution >= 0.6 is 0 Å². The molecule has 2 unspecified atom stereocenters. The molecule has 0 bridgehead atoms. The van der Waals surface area contributed by atoms with Crippen LogP contribution in [-0.2, 0) is 27.9 Å². The van der Waals surface area contributed by atoms with E-state index in [4.69, 9.17) is 15.3 Å². The van der Waals surface area contributed by atoms with Crippen LogP contribution in [0.1, 0.15) is 31.7 Å². The molecule has 11 heteroatoms. The molecule has 34 heavy (non-hydrogen) atoms. The third-order valence-corrected chi connectivity index (χ3v) is 6.68. The van der Waals surface area contributed by atoms with Crippen molar-refractivity contribution in [3.05, 3.63) is 23.8 Å². The van der Waals surface area contributed by atoms with Crippen molar-refractivity contribution in [1.29, 1.82) is 0 Å². The standard InChI is InChI=1S/C12H23N3O3.C11H13N3O2/c1-12(3-6-18-7-4-12)10(14-13)11(17)15-5-2-9(16)8-15;1-14-10-4-3-8(6-12-7-15)5-9(10)11(13-14)16-2/h9-10,14,16H,2-8,13H2,1H3;3-5,7H,6H2,1-2H3,(H,12,15). The molecule has 1 aromatic heterocycles. The lowest BCUT2D eigenvalue weighted by Crippen LogP contribution is -2.58. The van der Waals surface area contributed by atoms with Gasteiger partial charge in [-0.25, -0.2) is 5.43 Å². The Hall–Kier alpha value is -2.73. The first kappa shape index (κ1) is 25.9. The molecule has 2 fully saturated rings. The van der Waals surface area contributed by atoms with Crippen LogP contribution in [0.2, 0.25) is 0 Å². The number of aliphatic hydroxyl groups excluding tert-OH is 1. The van der Waals surface area contributed by atoms with Crippen molar-refractivity contribution >= 4 is 23.2 Å². The van der Waals surface area contributed by atoms with E-state index in [-0.39, 0.29) is 11.3 Å². The summed E-state index contributed by atoms with van der Waals surface area (Å²) in [7, 11) is 3.46. The molecule has 2 aliphatic rings. The smallest absolute Gasteiger partial charge is 0.241 e. The SMILES string of the molecule is CC1(C(NN)C(=O)N2CCC(O)C2)CCOCC1.COc1nn(C)c2ccc(CNC=O)cc12. The van der Waals surface area contributed by atoms with Gasteiger partial charge in [0.1, 0.15) is 6.04 Å². The van der Waals surface area contributed by atoms with E-state index >= 15 is 0 Å². The van der Waals surface area contributed by atoms with E-state index in [9.17, 15) is 14.7 Å². The van der Waals surface area contributed by atoms with Gasteiger partial charge in [-0.3, -0.25) is 20.1 Å². The number of nitrogens with zero attached hydrogens (tertiary/aromatic N) is 3. The summed E-state index contributed by atoms with van der Waals surface area (Å²) in [5.74, 6) is 6.19. The Labute approximate surface area is 199 Å². The lowest BCUT2D eigenvalue weighted by molar-refractivity contribution is -0.138. The van der Waals surface area contributed by atoms with Gasteiger partial charge < -0.3 is 24.8 Å². The summed E-state index contributed by atoms with van der Waals surface area (Å²) < 4.78 is 12.3. The Balaban J connectivity index is 0.000000192. The zero-order chi connectivity index (χ0) is 24.7. The van der Waals surface area contributed by atoms with Crippen LogP contribution in [0, 0.1) is 5.41 Å². The Bertz CT molecular complexity index is 974. The number of nitrogens with one attached hydrogen (secondary N) is 2. The second-order valence-electron chi connectivity index (χ2n) is 9.08. The molecule has 0 aliphatic carbocycles. The monoisotopic (exact) mass is 476 g/mol. The van der Waals surface area contributed by atoms with E-state index in [0.29, 0.717) is 51.6 Å². The van der Waals surface area contributed by atoms with E-state index in [1.54, 1.807) is 16.7 Å². The van der Waals surface area contributed by atoms with Gasteiger partial charge in [0.15, 0.2) is 0 Å². The number of aryl methyl sites for hydroxylation is 1. The summed E-state index contributed by atoms with van der Waals surface area (Å²) in [6, 6.07) is 5.50. The quantitative estimate of drug-likeness (QED) is 0.249. The van der Waals surface area contributed by atoms with Gasteiger partial charge in [-0.05, 0) is 42.4 Å². The summed E-state index contributed by atoms with van der Waals surface area (Å²) in [4.78, 5) is 24.4. The fourth-order valence-electron chi connectivity index (χ4n) is 4.52. The number of hydrogen-bond donors (Lipinski definition) is 4. The van der Waals surface area contributed by atoms with Gasteiger partial charge in [0, 0.05) is 39.9 Å². The maximum absolute atomic E-state index is 12.5. The molecule has 11 nitrogen and oxygen atoms in total. The molecule has 5 N–H and O–H groups in total. The number of hydrogen-bond acceptors (Lipinski definition) is 8. The van der Waals surface area contributed by atoms with E-state index in [1.807, 2.05) is 25.2 Å². The Kier molecular flexibility index (Phi) is 8.84. The van der Waals surface area contributed by atoms with Gasteiger partial charge in [-0.1, -0.05) is 13.0 Å². The Morgan fingerprint density at radius 2 is 2.18 bits per heavy atom. The van der Waals surface area contributed by atoms with Crippen molar-refractivity contribution in [2.75, 3.05) is 33.4 Å². The zero-order valence-corrected chi connectivity index (χ0v) is 20.1. The number of aromatic nitrogens is 2. The van der Waals surface area contributed by atoms with Crippen molar-refractivity contribution in [1.82, 2.24) is 25.4 Å². The Morgan fingerprint density at radius 1 is 1.44 bits per heavy atom. The third kappa shape index (κ3) is 5.84. The normalized spacial score (nSPS) is 20.4. The molecule has 0 saturated carbocycles. The highest BCUT2D eigenvalue weighted by Crippen LogP contribution is 2.34. The highest BCUT2D eigenvalue weighted by atomic mass is 16.5. The van der Waals surface area contributed by atoms with Crippen molar-refractivity contribution < 1.29 is 24.2 Å². The molecule has 0 spiro atoms. The molecule has 2 atom stereocenters. The number of fused-ring (bicyclic) bond motifs is 1. The van der Waals surface area contributed by atoms with E-state index in [0.717, 1.165) is 29.3 Å². The summed E-state index contributed by atoms with van der Waals surface area (Å²) in [6.45, 7) is 4.96. The molecule has 2 aromatic rings. The minimum atomic E-state index is -0.397. The topological polar surface area (TPSA) is 144 Å². The maximum Gasteiger partial charge on any atom is 0.241 e. The van der Waals surface area contributed by atoms with Gasteiger partial charge in [-0.2, -0.15) is 0 Å². The number of hydrazine groups is 1. The Morgan fingerprint density at radius 3 is 2.76 bits per heavy atom. The van der Waals surface area contributed by atoms with E-state index in [2.05, 4.69) is 22.8 Å². The molecule has 0 radical (unpaired) electrons. The number of nitrogens with two attached hydrogens (primary N) is 1. The predicted molar refractivity (Wildman–Crippen MR) is 127 cm³/mol. The van der Waals surface area contributed by atoms with Crippen molar-refractivity contribution in [3.8, 4) is 5.88 Å². The number of likely N-dealkylation sites (tertiary alicyclic amines) is 1. The molecule has 3 heterocycles. The number of carbonyl (C=O) groups is 2. The van der Waals surface area contributed by atoms with Crippen molar-refractivity contribution in [2.45, 2.75) is 44.9 Å². The summed E-state index contributed by atoms with van der Waals surface area (Å²) >= 11 is 0. The fraction of sp³-hybridized carbons (Fsp3) is 0.609. The van der Waals surface area contributed by atoms with Crippen LogP contribution in [0.4, 0.5) is 0 Å². The molecule has 1 aromatic carbocycles. The van der Waals surface area contributed by atoms with E-state index < -0.39 is 12.1 Å². The number of β-amino-alcohol motifs (C(OH)–C–C–N with tert-alkyl or cyclic N) is 1. The van der Waals surface area contributed by atoms with Gasteiger partial charge in [0.25, 0.3) is 0 Å². The first-order chi connectivity index (χ1) is 16.3. The van der Waals surface area contributed by atoms with E-state index in [1.165, 1.54) is 0 Å². The van der Waals surface area contributed by atoms with Crippen LogP contribution < -0.4 is 21.3 Å². The molecular formula is C23H36N6O5. The average molecular weight is 477 g/mol. The summed E-state index contributed by atoms with van der Waals surface area (Å²) in [6.07, 6.45) is 2.59. The number of amides is 2. The largest absolute Gasteiger partial charge is 0.479 e. The molecular weight excluding hydrogens is 440 g/mol. The molecule has 2 amide bonds. The minimum absolute atomic E-state index is 0.00144. The number of aliphatic hydroxyl groups is 1. The number of ether oxygens (including phenoxy) is 2. The molecule has 2 aliphatic heterocycles. The number of carbonyl (C=O) groups excluding carboxylic acids is 2.